The van der Waals surface area contributed by atoms with E-state index in [9.17, 15) is 19.1 Å². The van der Waals surface area contributed by atoms with E-state index in [1.165, 1.54) is 47.0 Å². The second kappa shape index (κ2) is 8.97. The number of carbonyl (C=O) groups excluding carboxylic acids is 1. The zero-order valence-corrected chi connectivity index (χ0v) is 18.1. The molecule has 32 heavy (non-hydrogen) atoms. The number of thiocarbonyl (C=S) groups is 1. The number of furan rings is 1. The quantitative estimate of drug-likeness (QED) is 0.391. The van der Waals surface area contributed by atoms with Crippen LogP contribution in [0.15, 0.2) is 63.9 Å². The van der Waals surface area contributed by atoms with E-state index in [1.807, 2.05) is 0 Å². The number of benzene rings is 2. The Labute approximate surface area is 192 Å². The van der Waals surface area contributed by atoms with Crippen molar-refractivity contribution < 1.29 is 28.6 Å². The van der Waals surface area contributed by atoms with Gasteiger partial charge in [-0.15, -0.1) is 0 Å². The van der Waals surface area contributed by atoms with Gasteiger partial charge in [-0.2, -0.15) is 0 Å². The number of aromatic carboxylic acids is 1. The van der Waals surface area contributed by atoms with Crippen molar-refractivity contribution in [3.8, 4) is 17.1 Å². The van der Waals surface area contributed by atoms with Gasteiger partial charge in [0.05, 0.1) is 4.91 Å². The summed E-state index contributed by atoms with van der Waals surface area (Å²) >= 11 is 6.51. The van der Waals surface area contributed by atoms with E-state index in [0.29, 0.717) is 39.3 Å². The molecule has 6 nitrogen and oxygen atoms in total. The molecule has 4 rings (SSSR count). The standard InChI is InChI=1S/C23H16FNO5S2/c24-15-4-1-13(2-5-15)9-10-25-21(27)20(32-23(25)31)12-16-6-8-19(30-16)14-3-7-17(22(28)29)18(26)11-14/h1-8,11-12,26H,9-10H2,(H,28,29)/b20-12-. The molecule has 1 saturated heterocycles. The number of phenols is 1. The van der Waals surface area contributed by atoms with Gasteiger partial charge >= 0.3 is 5.97 Å². The topological polar surface area (TPSA) is 91.0 Å². The molecule has 1 aliphatic rings. The third-order valence-corrected chi connectivity index (χ3v) is 6.20. The van der Waals surface area contributed by atoms with Crippen molar-refractivity contribution >= 4 is 46.3 Å². The first kappa shape index (κ1) is 21.8. The SMILES string of the molecule is O=C(O)c1ccc(-c2ccc(/C=C3\SC(=S)N(CCc4ccc(F)cc4)C3=O)o2)cc1O. The van der Waals surface area contributed by atoms with E-state index in [-0.39, 0.29) is 23.0 Å². The molecule has 1 fully saturated rings. The number of aromatic hydroxyl groups is 1. The molecule has 1 amide bonds. The first-order valence-corrected chi connectivity index (χ1v) is 10.7. The van der Waals surface area contributed by atoms with Gasteiger partial charge in [0.1, 0.15) is 33.0 Å². The Bertz CT molecular complexity index is 1250. The largest absolute Gasteiger partial charge is 0.507 e. The first-order valence-electron chi connectivity index (χ1n) is 9.48. The van der Waals surface area contributed by atoms with Crippen molar-refractivity contribution in [1.29, 1.82) is 0 Å². The highest BCUT2D eigenvalue weighted by atomic mass is 32.2. The fraction of sp³-hybridized carbons (Fsp3) is 0.0870. The van der Waals surface area contributed by atoms with E-state index in [2.05, 4.69) is 0 Å². The van der Waals surface area contributed by atoms with Crippen molar-refractivity contribution in [1.82, 2.24) is 4.90 Å². The maximum absolute atomic E-state index is 13.0. The zero-order chi connectivity index (χ0) is 22.8. The number of nitrogens with zero attached hydrogens (tertiary/aromatic N) is 1. The maximum Gasteiger partial charge on any atom is 0.339 e. The van der Waals surface area contributed by atoms with E-state index < -0.39 is 5.97 Å². The highest BCUT2D eigenvalue weighted by Gasteiger charge is 2.32. The lowest BCUT2D eigenvalue weighted by Gasteiger charge is -2.14. The average molecular weight is 470 g/mol. The molecule has 3 aromatic rings. The van der Waals surface area contributed by atoms with Gasteiger partial charge in [-0.25, -0.2) is 9.18 Å². The number of halogens is 1. The summed E-state index contributed by atoms with van der Waals surface area (Å²) in [5, 5.41) is 18.9. The van der Waals surface area contributed by atoms with Gasteiger partial charge < -0.3 is 14.6 Å². The predicted octanol–water partition coefficient (Wildman–Crippen LogP) is 4.93. The number of thioether (sulfide) groups is 1. The third-order valence-electron chi connectivity index (χ3n) is 4.82. The molecule has 9 heteroatoms. The number of hydrogen-bond acceptors (Lipinski definition) is 6. The van der Waals surface area contributed by atoms with Crippen LogP contribution in [0.4, 0.5) is 4.39 Å². The third kappa shape index (κ3) is 4.58. The predicted molar refractivity (Wildman–Crippen MR) is 123 cm³/mol. The van der Waals surface area contributed by atoms with Crippen LogP contribution in [-0.4, -0.2) is 37.9 Å². The summed E-state index contributed by atoms with van der Waals surface area (Å²) in [4.78, 5) is 25.7. The lowest BCUT2D eigenvalue weighted by molar-refractivity contribution is -0.122. The monoisotopic (exact) mass is 469 g/mol. The zero-order valence-electron chi connectivity index (χ0n) is 16.4. The van der Waals surface area contributed by atoms with Crippen molar-refractivity contribution in [2.24, 2.45) is 0 Å². The molecular formula is C23H16FNO5S2. The van der Waals surface area contributed by atoms with Gasteiger partial charge in [0, 0.05) is 18.2 Å². The number of rotatable bonds is 6. The number of carboxylic acids is 1. The minimum Gasteiger partial charge on any atom is -0.507 e. The second-order valence-electron chi connectivity index (χ2n) is 6.95. The second-order valence-corrected chi connectivity index (χ2v) is 8.62. The van der Waals surface area contributed by atoms with Gasteiger partial charge in [0.2, 0.25) is 0 Å². The molecule has 1 aliphatic heterocycles. The molecule has 2 N–H and O–H groups in total. The van der Waals surface area contributed by atoms with Gasteiger partial charge in [-0.05, 0) is 48.4 Å². The molecule has 2 aromatic carbocycles. The van der Waals surface area contributed by atoms with Crippen molar-refractivity contribution in [3.63, 3.8) is 0 Å². The molecule has 0 saturated carbocycles. The Balaban J connectivity index is 1.47. The summed E-state index contributed by atoms with van der Waals surface area (Å²) < 4.78 is 19.2. The van der Waals surface area contributed by atoms with Crippen LogP contribution in [0.5, 0.6) is 5.75 Å². The smallest absolute Gasteiger partial charge is 0.339 e. The lowest BCUT2D eigenvalue weighted by Crippen LogP contribution is -2.30. The Hall–Kier alpha value is -3.43. The molecule has 162 valence electrons. The fourth-order valence-corrected chi connectivity index (χ4v) is 4.45. The normalized spacial score (nSPS) is 15.0. The summed E-state index contributed by atoms with van der Waals surface area (Å²) in [6.07, 6.45) is 2.13. The lowest BCUT2D eigenvalue weighted by atomic mass is 10.1. The molecular weight excluding hydrogens is 453 g/mol. The Morgan fingerprint density at radius 2 is 1.91 bits per heavy atom. The Morgan fingerprint density at radius 3 is 2.59 bits per heavy atom. The molecule has 0 aliphatic carbocycles. The maximum atomic E-state index is 13.0. The van der Waals surface area contributed by atoms with E-state index in [4.69, 9.17) is 21.7 Å². The molecule has 2 heterocycles. The highest BCUT2D eigenvalue weighted by Crippen LogP contribution is 2.34. The molecule has 0 unspecified atom stereocenters. The van der Waals surface area contributed by atoms with Crippen LogP contribution in [0.2, 0.25) is 0 Å². The van der Waals surface area contributed by atoms with E-state index >= 15 is 0 Å². The molecule has 0 spiro atoms. The fourth-order valence-electron chi connectivity index (χ4n) is 3.17. The van der Waals surface area contributed by atoms with Crippen LogP contribution in [-0.2, 0) is 11.2 Å². The molecule has 0 atom stereocenters. The Morgan fingerprint density at radius 1 is 1.16 bits per heavy atom. The van der Waals surface area contributed by atoms with E-state index in [0.717, 1.165) is 5.56 Å². The van der Waals surface area contributed by atoms with Gasteiger partial charge in [-0.3, -0.25) is 9.69 Å². The number of amides is 1. The summed E-state index contributed by atoms with van der Waals surface area (Å²) in [6, 6.07) is 13.6. The van der Waals surface area contributed by atoms with Crippen LogP contribution < -0.4 is 0 Å². The number of carboxylic acid groups (broad SMARTS) is 1. The number of carbonyl (C=O) groups is 2. The van der Waals surface area contributed by atoms with Crippen molar-refractivity contribution in [3.05, 3.63) is 82.2 Å². The summed E-state index contributed by atoms with van der Waals surface area (Å²) in [5.41, 5.74) is 1.20. The Kier molecular flexibility index (Phi) is 6.11. The van der Waals surface area contributed by atoms with Crippen LogP contribution >= 0.6 is 24.0 Å². The summed E-state index contributed by atoms with van der Waals surface area (Å²) in [7, 11) is 0. The highest BCUT2D eigenvalue weighted by molar-refractivity contribution is 8.26. The van der Waals surface area contributed by atoms with Crippen LogP contribution in [0.3, 0.4) is 0 Å². The van der Waals surface area contributed by atoms with Crippen molar-refractivity contribution in [2.75, 3.05) is 6.54 Å². The summed E-state index contributed by atoms with van der Waals surface area (Å²) in [6.45, 7) is 0.381. The van der Waals surface area contributed by atoms with Crippen LogP contribution in [0, 0.1) is 5.82 Å². The van der Waals surface area contributed by atoms with Crippen LogP contribution in [0.25, 0.3) is 17.4 Å². The first-order chi connectivity index (χ1) is 15.3. The summed E-state index contributed by atoms with van der Waals surface area (Å²) in [5.74, 6) is -1.31. The van der Waals surface area contributed by atoms with Gasteiger partial charge in [0.25, 0.3) is 5.91 Å². The van der Waals surface area contributed by atoms with Gasteiger partial charge in [-0.1, -0.05) is 42.2 Å². The average Bonchev–Trinajstić information content (AvgIpc) is 3.32. The van der Waals surface area contributed by atoms with Crippen molar-refractivity contribution in [2.45, 2.75) is 6.42 Å². The minimum absolute atomic E-state index is 0.204. The molecule has 0 bridgehead atoms. The van der Waals surface area contributed by atoms with Gasteiger partial charge in [0.15, 0.2) is 0 Å². The molecule has 1 aromatic heterocycles. The molecule has 0 radical (unpaired) electrons. The minimum atomic E-state index is -1.23. The van der Waals surface area contributed by atoms with E-state index in [1.54, 1.807) is 30.3 Å². The number of hydrogen-bond donors (Lipinski definition) is 2. The van der Waals surface area contributed by atoms with Crippen LogP contribution in [0.1, 0.15) is 21.7 Å².